The number of aromatic nitrogens is 1. The van der Waals surface area contributed by atoms with Crippen LogP contribution in [-0.2, 0) is 11.2 Å². The number of thioether (sulfide) groups is 1. The highest BCUT2D eigenvalue weighted by Gasteiger charge is 2.39. The summed E-state index contributed by atoms with van der Waals surface area (Å²) in [5.74, 6) is -0.187. The number of hydrogen-bond acceptors (Lipinski definition) is 7. The van der Waals surface area contributed by atoms with Gasteiger partial charge in [-0.25, -0.2) is 4.98 Å². The average molecular weight is 472 g/mol. The van der Waals surface area contributed by atoms with E-state index >= 15 is 0 Å². The van der Waals surface area contributed by atoms with E-state index in [1.807, 2.05) is 5.38 Å². The third-order valence-corrected chi connectivity index (χ3v) is 6.42. The second kappa shape index (κ2) is 9.31. The number of thiazole rings is 1. The summed E-state index contributed by atoms with van der Waals surface area (Å²) in [6, 6.07) is 4.75. The van der Waals surface area contributed by atoms with Crippen molar-refractivity contribution in [3.8, 4) is 5.75 Å². The molecule has 0 saturated heterocycles. The molecule has 0 spiro atoms. The number of carbonyl (C=O) groups is 1. The Hall–Kier alpha value is -2.53. The summed E-state index contributed by atoms with van der Waals surface area (Å²) in [5.41, 5.74) is 1.32. The van der Waals surface area contributed by atoms with Crippen LogP contribution < -0.4 is 10.1 Å². The van der Waals surface area contributed by atoms with Gasteiger partial charge >= 0.3 is 12.1 Å². The number of rotatable bonds is 8. The Bertz CT molecular complexity index is 986. The van der Waals surface area contributed by atoms with Crippen LogP contribution in [-0.4, -0.2) is 45.5 Å². The molecule has 3 rings (SSSR count). The van der Waals surface area contributed by atoms with Gasteiger partial charge in [0.25, 0.3) is 0 Å². The van der Waals surface area contributed by atoms with E-state index in [1.54, 1.807) is 38.1 Å². The standard InChI is InChI=1S/C20H20F3N3O3S2/c1-19(2,17(27)28)31-18-25-13(11-30-18)8-10-29-14-5-3-12(4-6-14)16-24-9-7-15(26-16)20(21,22)23/h3-7,9,11,15H,8,10H2,1-2H3,(H,24,26)(H,27,28). The Morgan fingerprint density at radius 2 is 2.00 bits per heavy atom. The van der Waals surface area contributed by atoms with Gasteiger partial charge in [0.05, 0.1) is 12.3 Å². The van der Waals surface area contributed by atoms with Crippen LogP contribution >= 0.6 is 23.1 Å². The van der Waals surface area contributed by atoms with E-state index < -0.39 is 22.9 Å². The summed E-state index contributed by atoms with van der Waals surface area (Å²) < 4.78 is 44.0. The van der Waals surface area contributed by atoms with Crippen molar-refractivity contribution in [2.75, 3.05) is 6.61 Å². The molecule has 0 radical (unpaired) electrons. The fraction of sp³-hybridized carbons (Fsp3) is 0.350. The summed E-state index contributed by atoms with van der Waals surface area (Å²) >= 11 is 2.58. The molecule has 0 saturated carbocycles. The summed E-state index contributed by atoms with van der Waals surface area (Å²) in [4.78, 5) is 19.3. The molecule has 2 N–H and O–H groups in total. The van der Waals surface area contributed by atoms with Gasteiger partial charge in [0.15, 0.2) is 10.4 Å². The lowest BCUT2D eigenvalue weighted by Crippen LogP contribution is -2.33. The van der Waals surface area contributed by atoms with E-state index in [-0.39, 0.29) is 5.84 Å². The van der Waals surface area contributed by atoms with Gasteiger partial charge in [-0.15, -0.1) is 11.3 Å². The van der Waals surface area contributed by atoms with Crippen molar-refractivity contribution in [1.82, 2.24) is 10.3 Å². The second-order valence-electron chi connectivity index (χ2n) is 7.11. The first-order valence-corrected chi connectivity index (χ1v) is 10.9. The second-order valence-corrected chi connectivity index (χ2v) is 9.84. The Morgan fingerprint density at radius 3 is 2.65 bits per heavy atom. The van der Waals surface area contributed by atoms with Gasteiger partial charge in [-0.1, -0.05) is 11.8 Å². The van der Waals surface area contributed by atoms with Crippen LogP contribution in [0.25, 0.3) is 0 Å². The number of aliphatic carboxylic acids is 1. The van der Waals surface area contributed by atoms with E-state index in [0.29, 0.717) is 28.7 Å². The van der Waals surface area contributed by atoms with Crippen LogP contribution in [0.4, 0.5) is 13.2 Å². The zero-order chi connectivity index (χ0) is 22.6. The zero-order valence-corrected chi connectivity index (χ0v) is 18.3. The number of halogens is 3. The molecule has 1 aliphatic rings. The molecule has 0 aliphatic carbocycles. The van der Waals surface area contributed by atoms with Crippen molar-refractivity contribution in [2.45, 2.75) is 41.6 Å². The predicted octanol–water partition coefficient (Wildman–Crippen LogP) is 4.51. The van der Waals surface area contributed by atoms with Gasteiger partial charge in [-0.3, -0.25) is 9.79 Å². The molecule has 1 aliphatic heterocycles. The van der Waals surface area contributed by atoms with Gasteiger partial charge in [0.1, 0.15) is 16.3 Å². The lowest BCUT2D eigenvalue weighted by Gasteiger charge is -2.19. The number of nitrogens with one attached hydrogen (secondary N) is 1. The SMILES string of the molecule is CC(C)(Sc1nc(CCOc2ccc(C3=NC(C(F)(F)F)C=CN3)cc2)cs1)C(=O)O. The van der Waals surface area contributed by atoms with E-state index in [1.165, 1.54) is 29.3 Å². The zero-order valence-electron chi connectivity index (χ0n) is 16.6. The molecule has 166 valence electrons. The molecule has 2 aromatic rings. The fourth-order valence-electron chi connectivity index (χ4n) is 2.47. The Labute approximate surface area is 185 Å². The minimum Gasteiger partial charge on any atom is -0.493 e. The highest BCUT2D eigenvalue weighted by molar-refractivity contribution is 8.02. The van der Waals surface area contributed by atoms with Gasteiger partial charge in [-0.2, -0.15) is 13.2 Å². The van der Waals surface area contributed by atoms with Crippen LogP contribution in [0.15, 0.2) is 51.3 Å². The molecule has 1 aromatic carbocycles. The highest BCUT2D eigenvalue weighted by Crippen LogP contribution is 2.34. The molecule has 31 heavy (non-hydrogen) atoms. The summed E-state index contributed by atoms with van der Waals surface area (Å²) in [6.07, 6.45) is -1.68. The maximum atomic E-state index is 12.9. The number of carboxylic acids is 1. The first-order valence-electron chi connectivity index (χ1n) is 9.22. The monoisotopic (exact) mass is 471 g/mol. The molecule has 1 atom stereocenters. The Balaban J connectivity index is 1.53. The molecule has 6 nitrogen and oxygen atoms in total. The van der Waals surface area contributed by atoms with Crippen LogP contribution in [0.3, 0.4) is 0 Å². The van der Waals surface area contributed by atoms with Crippen molar-refractivity contribution in [3.63, 3.8) is 0 Å². The number of aliphatic imine (C=N–C) groups is 1. The Kier molecular flexibility index (Phi) is 6.95. The average Bonchev–Trinajstić information content (AvgIpc) is 3.14. The summed E-state index contributed by atoms with van der Waals surface area (Å²) in [6.45, 7) is 3.61. The molecule has 0 fully saturated rings. The van der Waals surface area contributed by atoms with Crippen LogP contribution in [0.1, 0.15) is 25.1 Å². The molecule has 2 heterocycles. The van der Waals surface area contributed by atoms with Gasteiger partial charge in [-0.05, 0) is 44.2 Å². The fourth-order valence-corrected chi connectivity index (χ4v) is 4.70. The van der Waals surface area contributed by atoms with Crippen LogP contribution in [0.5, 0.6) is 5.75 Å². The summed E-state index contributed by atoms with van der Waals surface area (Å²) in [5, 5.41) is 13.8. The molecule has 0 amide bonds. The van der Waals surface area contributed by atoms with Crippen molar-refractivity contribution in [2.24, 2.45) is 4.99 Å². The van der Waals surface area contributed by atoms with E-state index in [4.69, 9.17) is 4.74 Å². The normalized spacial score (nSPS) is 16.5. The molecule has 11 heteroatoms. The minimum atomic E-state index is -4.43. The molecular formula is C20H20F3N3O3S2. The first kappa shape index (κ1) is 23.1. The van der Waals surface area contributed by atoms with Gasteiger partial charge in [0.2, 0.25) is 0 Å². The molecular weight excluding hydrogens is 451 g/mol. The van der Waals surface area contributed by atoms with Crippen molar-refractivity contribution < 1.29 is 27.8 Å². The predicted molar refractivity (Wildman–Crippen MR) is 114 cm³/mol. The molecule has 1 aromatic heterocycles. The van der Waals surface area contributed by atoms with Gasteiger partial charge in [0, 0.05) is 23.6 Å². The molecule has 0 bridgehead atoms. The Morgan fingerprint density at radius 1 is 1.29 bits per heavy atom. The van der Waals surface area contributed by atoms with Crippen molar-refractivity contribution >= 4 is 34.9 Å². The van der Waals surface area contributed by atoms with Crippen molar-refractivity contribution in [3.05, 3.63) is 53.2 Å². The first-order chi connectivity index (χ1) is 14.5. The lowest BCUT2D eigenvalue weighted by atomic mass is 10.1. The smallest absolute Gasteiger partial charge is 0.414 e. The number of alkyl halides is 3. The third kappa shape index (κ3) is 6.23. The van der Waals surface area contributed by atoms with E-state index in [0.717, 1.165) is 11.8 Å². The number of nitrogens with zero attached hydrogens (tertiary/aromatic N) is 2. The maximum Gasteiger partial charge on any atom is 0.414 e. The number of benzene rings is 1. The van der Waals surface area contributed by atoms with Crippen molar-refractivity contribution in [1.29, 1.82) is 0 Å². The highest BCUT2D eigenvalue weighted by atomic mass is 32.2. The quantitative estimate of drug-likeness (QED) is 0.551. The number of hydrogen-bond donors (Lipinski definition) is 2. The number of amidine groups is 1. The topological polar surface area (TPSA) is 83.8 Å². The maximum absolute atomic E-state index is 12.9. The molecule has 1 unspecified atom stereocenters. The third-order valence-electron chi connectivity index (χ3n) is 4.24. The van der Waals surface area contributed by atoms with Crippen LogP contribution in [0, 0.1) is 0 Å². The van der Waals surface area contributed by atoms with E-state index in [9.17, 15) is 23.1 Å². The van der Waals surface area contributed by atoms with Gasteiger partial charge < -0.3 is 15.2 Å². The summed E-state index contributed by atoms with van der Waals surface area (Å²) in [7, 11) is 0. The minimum absolute atomic E-state index is 0.146. The number of carboxylic acid groups (broad SMARTS) is 1. The van der Waals surface area contributed by atoms with E-state index in [2.05, 4.69) is 15.3 Å². The lowest BCUT2D eigenvalue weighted by molar-refractivity contribution is -0.139. The van der Waals surface area contributed by atoms with Crippen LogP contribution in [0.2, 0.25) is 0 Å². The largest absolute Gasteiger partial charge is 0.493 e. The number of ether oxygens (including phenoxy) is 1.